The zero-order valence-corrected chi connectivity index (χ0v) is 10.7. The highest BCUT2D eigenvalue weighted by Gasteiger charge is 2.02. The van der Waals surface area contributed by atoms with E-state index in [-0.39, 0.29) is 18.4 Å². The van der Waals surface area contributed by atoms with Crippen molar-refractivity contribution in [1.82, 2.24) is 0 Å². The van der Waals surface area contributed by atoms with Crippen LogP contribution in [-0.4, -0.2) is 5.96 Å². The van der Waals surface area contributed by atoms with Gasteiger partial charge in [-0.2, -0.15) is 0 Å². The number of hydrogen-bond donors (Lipinski definition) is 2. The van der Waals surface area contributed by atoms with Crippen LogP contribution in [0.15, 0.2) is 59.6 Å². The lowest BCUT2D eigenvalue weighted by atomic mass is 10.00. The summed E-state index contributed by atoms with van der Waals surface area (Å²) in [5, 5.41) is 0. The van der Waals surface area contributed by atoms with Crippen LogP contribution in [0.3, 0.4) is 0 Å². The van der Waals surface area contributed by atoms with E-state index in [2.05, 4.69) is 23.2 Å². The van der Waals surface area contributed by atoms with E-state index < -0.39 is 0 Å². The number of benzene rings is 2. The van der Waals surface area contributed by atoms with Gasteiger partial charge in [0, 0.05) is 0 Å². The lowest BCUT2D eigenvalue weighted by Crippen LogP contribution is -2.22. The normalized spacial score (nSPS) is 9.33. The SMILES string of the molecule is Cl.NC(N)=NCc1ccccc1-c1ccccc1. The quantitative estimate of drug-likeness (QED) is 0.659. The molecule has 0 aliphatic rings. The van der Waals surface area contributed by atoms with Crippen molar-refractivity contribution in [1.29, 1.82) is 0 Å². The molecule has 4 N–H and O–H groups in total. The van der Waals surface area contributed by atoms with Crippen LogP contribution in [-0.2, 0) is 6.54 Å². The van der Waals surface area contributed by atoms with Gasteiger partial charge in [-0.25, -0.2) is 4.99 Å². The van der Waals surface area contributed by atoms with E-state index in [4.69, 9.17) is 11.5 Å². The number of aliphatic imine (C=N–C) groups is 1. The van der Waals surface area contributed by atoms with Crippen molar-refractivity contribution >= 4 is 18.4 Å². The Balaban J connectivity index is 0.00000162. The molecule has 0 bridgehead atoms. The van der Waals surface area contributed by atoms with Crippen molar-refractivity contribution in [2.45, 2.75) is 6.54 Å². The van der Waals surface area contributed by atoms with Gasteiger partial charge in [0.1, 0.15) is 0 Å². The van der Waals surface area contributed by atoms with Gasteiger partial charge in [-0.05, 0) is 16.7 Å². The summed E-state index contributed by atoms with van der Waals surface area (Å²) >= 11 is 0. The molecule has 0 spiro atoms. The van der Waals surface area contributed by atoms with Crippen LogP contribution in [0.5, 0.6) is 0 Å². The predicted octanol–water partition coefficient (Wildman–Crippen LogP) is 2.55. The van der Waals surface area contributed by atoms with E-state index in [1.165, 1.54) is 5.56 Å². The van der Waals surface area contributed by atoms with Crippen LogP contribution < -0.4 is 11.5 Å². The Morgan fingerprint density at radius 2 is 1.50 bits per heavy atom. The van der Waals surface area contributed by atoms with E-state index in [0.717, 1.165) is 11.1 Å². The van der Waals surface area contributed by atoms with E-state index >= 15 is 0 Å². The molecular weight excluding hydrogens is 246 g/mol. The Morgan fingerprint density at radius 1 is 0.889 bits per heavy atom. The van der Waals surface area contributed by atoms with Crippen molar-refractivity contribution in [3.05, 3.63) is 60.2 Å². The summed E-state index contributed by atoms with van der Waals surface area (Å²) in [5.41, 5.74) is 14.2. The van der Waals surface area contributed by atoms with E-state index in [0.29, 0.717) is 6.54 Å². The molecule has 0 atom stereocenters. The average Bonchev–Trinajstić information content (AvgIpc) is 2.38. The lowest BCUT2D eigenvalue weighted by Gasteiger charge is -2.07. The Morgan fingerprint density at radius 3 is 2.17 bits per heavy atom. The van der Waals surface area contributed by atoms with Crippen LogP contribution in [0.25, 0.3) is 11.1 Å². The molecule has 0 heterocycles. The second-order valence-electron chi connectivity index (χ2n) is 3.76. The molecule has 2 aromatic carbocycles. The van der Waals surface area contributed by atoms with Gasteiger partial charge < -0.3 is 11.5 Å². The number of rotatable bonds is 3. The van der Waals surface area contributed by atoms with Crippen molar-refractivity contribution in [2.24, 2.45) is 16.5 Å². The molecule has 18 heavy (non-hydrogen) atoms. The summed E-state index contributed by atoms with van der Waals surface area (Å²) in [6, 6.07) is 18.3. The van der Waals surface area contributed by atoms with E-state index in [1.807, 2.05) is 36.4 Å². The second kappa shape index (κ2) is 6.67. The van der Waals surface area contributed by atoms with Gasteiger partial charge in [0.05, 0.1) is 6.54 Å². The maximum Gasteiger partial charge on any atom is 0.186 e. The highest BCUT2D eigenvalue weighted by atomic mass is 35.5. The van der Waals surface area contributed by atoms with Crippen molar-refractivity contribution in [2.75, 3.05) is 0 Å². The molecule has 0 aliphatic carbocycles. The first-order valence-electron chi connectivity index (χ1n) is 5.46. The Hall–Kier alpha value is -2.00. The molecule has 0 saturated carbocycles. The predicted molar refractivity (Wildman–Crippen MR) is 78.6 cm³/mol. The third-order valence-corrected chi connectivity index (χ3v) is 2.53. The van der Waals surface area contributed by atoms with Crippen molar-refractivity contribution in [3.63, 3.8) is 0 Å². The highest BCUT2D eigenvalue weighted by Crippen LogP contribution is 2.23. The molecule has 94 valence electrons. The van der Waals surface area contributed by atoms with Gasteiger partial charge in [-0.3, -0.25) is 0 Å². The van der Waals surface area contributed by atoms with Gasteiger partial charge in [-0.1, -0.05) is 54.6 Å². The minimum Gasteiger partial charge on any atom is -0.370 e. The summed E-state index contributed by atoms with van der Waals surface area (Å²) in [5.74, 6) is 0.118. The minimum absolute atomic E-state index is 0. The van der Waals surface area contributed by atoms with Crippen LogP contribution in [0, 0.1) is 0 Å². The maximum absolute atomic E-state index is 5.36. The van der Waals surface area contributed by atoms with Gasteiger partial charge in [0.15, 0.2) is 5.96 Å². The molecule has 0 radical (unpaired) electrons. The summed E-state index contributed by atoms with van der Waals surface area (Å²) in [6.07, 6.45) is 0. The van der Waals surface area contributed by atoms with Crippen LogP contribution in [0.1, 0.15) is 5.56 Å². The standard InChI is InChI=1S/C14H15N3.ClH/c15-14(16)17-10-12-8-4-5-9-13(12)11-6-2-1-3-7-11;/h1-9H,10H2,(H4,15,16,17);1H. The average molecular weight is 262 g/mol. The molecule has 3 nitrogen and oxygen atoms in total. The van der Waals surface area contributed by atoms with E-state index in [1.54, 1.807) is 0 Å². The summed E-state index contributed by atoms with van der Waals surface area (Å²) in [4.78, 5) is 4.05. The zero-order chi connectivity index (χ0) is 12.1. The number of hydrogen-bond acceptors (Lipinski definition) is 1. The third kappa shape index (κ3) is 3.50. The molecule has 2 rings (SSSR count). The fourth-order valence-corrected chi connectivity index (χ4v) is 1.73. The van der Waals surface area contributed by atoms with Gasteiger partial charge in [-0.15, -0.1) is 12.4 Å². The number of halogens is 1. The molecule has 0 unspecified atom stereocenters. The number of nitrogens with zero attached hydrogens (tertiary/aromatic N) is 1. The number of guanidine groups is 1. The molecule has 2 aromatic rings. The fourth-order valence-electron chi connectivity index (χ4n) is 1.73. The maximum atomic E-state index is 5.36. The Labute approximate surface area is 113 Å². The van der Waals surface area contributed by atoms with E-state index in [9.17, 15) is 0 Å². The first-order valence-corrected chi connectivity index (χ1v) is 5.46. The van der Waals surface area contributed by atoms with Gasteiger partial charge in [0.25, 0.3) is 0 Å². The van der Waals surface area contributed by atoms with Crippen LogP contribution in [0.4, 0.5) is 0 Å². The first-order chi connectivity index (χ1) is 8.27. The van der Waals surface area contributed by atoms with Crippen LogP contribution >= 0.6 is 12.4 Å². The van der Waals surface area contributed by atoms with Crippen molar-refractivity contribution in [3.8, 4) is 11.1 Å². The first kappa shape index (κ1) is 14.1. The Bertz CT molecular complexity index is 520. The summed E-state index contributed by atoms with van der Waals surface area (Å²) < 4.78 is 0. The monoisotopic (exact) mass is 261 g/mol. The third-order valence-electron chi connectivity index (χ3n) is 2.53. The second-order valence-corrected chi connectivity index (χ2v) is 3.76. The Kier molecular flexibility index (Phi) is 5.21. The van der Waals surface area contributed by atoms with Gasteiger partial charge in [0.2, 0.25) is 0 Å². The molecule has 0 fully saturated rings. The zero-order valence-electron chi connectivity index (χ0n) is 9.91. The summed E-state index contributed by atoms with van der Waals surface area (Å²) in [6.45, 7) is 0.507. The smallest absolute Gasteiger partial charge is 0.186 e. The lowest BCUT2D eigenvalue weighted by molar-refractivity contribution is 1.06. The highest BCUT2D eigenvalue weighted by molar-refractivity contribution is 5.85. The fraction of sp³-hybridized carbons (Fsp3) is 0.0714. The molecule has 4 heteroatoms. The topological polar surface area (TPSA) is 64.4 Å². The number of nitrogens with two attached hydrogens (primary N) is 2. The van der Waals surface area contributed by atoms with Crippen molar-refractivity contribution < 1.29 is 0 Å². The molecule has 0 amide bonds. The largest absolute Gasteiger partial charge is 0.370 e. The molecule has 0 aromatic heterocycles. The minimum atomic E-state index is 0. The molecule has 0 saturated heterocycles. The summed E-state index contributed by atoms with van der Waals surface area (Å²) in [7, 11) is 0. The molecule has 0 aliphatic heterocycles. The molecular formula is C14H16ClN3. The van der Waals surface area contributed by atoms with Crippen LogP contribution in [0.2, 0.25) is 0 Å². The van der Waals surface area contributed by atoms with Gasteiger partial charge >= 0.3 is 0 Å².